The molecule has 0 saturated carbocycles. The lowest BCUT2D eigenvalue weighted by Gasteiger charge is -2.12. The van der Waals surface area contributed by atoms with E-state index < -0.39 is 0 Å². The van der Waals surface area contributed by atoms with Gasteiger partial charge in [0.25, 0.3) is 5.91 Å². The van der Waals surface area contributed by atoms with Crippen molar-refractivity contribution in [2.75, 3.05) is 0 Å². The number of carbonyl (C=O) groups is 1. The highest BCUT2D eigenvalue weighted by Gasteiger charge is 2.21. The number of ether oxygens (including phenoxy) is 1. The van der Waals surface area contributed by atoms with E-state index in [1.54, 1.807) is 18.2 Å². The van der Waals surface area contributed by atoms with Crippen molar-refractivity contribution in [2.24, 2.45) is 10.7 Å². The van der Waals surface area contributed by atoms with E-state index in [1.807, 2.05) is 30.3 Å². The quantitative estimate of drug-likeness (QED) is 0.795. The van der Waals surface area contributed by atoms with Crippen molar-refractivity contribution in [2.45, 2.75) is 6.61 Å². The molecule has 0 atom stereocenters. The van der Waals surface area contributed by atoms with Gasteiger partial charge in [0.2, 0.25) is 0 Å². The third-order valence-electron chi connectivity index (χ3n) is 3.19. The smallest absolute Gasteiger partial charge is 0.286 e. The summed E-state index contributed by atoms with van der Waals surface area (Å²) in [5.41, 5.74) is 7.17. The maximum atomic E-state index is 11.8. The SMILES string of the molecule is NC1=NC(=O)/C(=C/c2cc(Cl)cc(Cl)c2OCc2ccccc2)S1. The lowest BCUT2D eigenvalue weighted by Crippen LogP contribution is -2.01. The summed E-state index contributed by atoms with van der Waals surface area (Å²) >= 11 is 13.4. The molecule has 2 aromatic rings. The molecule has 7 heteroatoms. The van der Waals surface area contributed by atoms with Crippen molar-refractivity contribution in [3.63, 3.8) is 0 Å². The highest BCUT2D eigenvalue weighted by atomic mass is 35.5. The van der Waals surface area contributed by atoms with Crippen molar-refractivity contribution < 1.29 is 9.53 Å². The Bertz CT molecular complexity index is 851. The lowest BCUT2D eigenvalue weighted by molar-refractivity contribution is -0.113. The van der Waals surface area contributed by atoms with Crippen LogP contribution in [0.3, 0.4) is 0 Å². The zero-order valence-electron chi connectivity index (χ0n) is 12.3. The third-order valence-corrected chi connectivity index (χ3v) is 4.50. The van der Waals surface area contributed by atoms with Crippen molar-refractivity contribution in [1.82, 2.24) is 0 Å². The summed E-state index contributed by atoms with van der Waals surface area (Å²) in [5, 5.41) is 1.03. The van der Waals surface area contributed by atoms with E-state index in [0.29, 0.717) is 32.9 Å². The highest BCUT2D eigenvalue weighted by Crippen LogP contribution is 2.36. The van der Waals surface area contributed by atoms with Gasteiger partial charge in [0, 0.05) is 10.6 Å². The second-order valence-electron chi connectivity index (χ2n) is 4.95. The van der Waals surface area contributed by atoms with Crippen LogP contribution in [0.5, 0.6) is 5.75 Å². The van der Waals surface area contributed by atoms with Crippen LogP contribution >= 0.6 is 35.0 Å². The van der Waals surface area contributed by atoms with Crippen LogP contribution < -0.4 is 10.5 Å². The van der Waals surface area contributed by atoms with Crippen LogP contribution in [0.1, 0.15) is 11.1 Å². The topological polar surface area (TPSA) is 64.7 Å². The van der Waals surface area contributed by atoms with E-state index in [0.717, 1.165) is 17.3 Å². The monoisotopic (exact) mass is 378 g/mol. The number of hydrogen-bond acceptors (Lipinski definition) is 4. The van der Waals surface area contributed by atoms with Gasteiger partial charge in [0.1, 0.15) is 12.4 Å². The number of nitrogens with zero attached hydrogens (tertiary/aromatic N) is 1. The van der Waals surface area contributed by atoms with E-state index in [9.17, 15) is 4.79 Å². The minimum atomic E-state index is -0.386. The summed E-state index contributed by atoms with van der Waals surface area (Å²) < 4.78 is 5.86. The zero-order chi connectivity index (χ0) is 17.1. The maximum absolute atomic E-state index is 11.8. The number of amides is 1. The van der Waals surface area contributed by atoms with E-state index in [1.165, 1.54) is 0 Å². The van der Waals surface area contributed by atoms with Crippen molar-refractivity contribution in [3.8, 4) is 5.75 Å². The molecule has 1 heterocycles. The minimum Gasteiger partial charge on any atom is -0.487 e. The van der Waals surface area contributed by atoms with E-state index >= 15 is 0 Å². The summed E-state index contributed by atoms with van der Waals surface area (Å²) in [6.07, 6.45) is 1.63. The number of benzene rings is 2. The number of rotatable bonds is 4. The molecule has 1 amide bonds. The van der Waals surface area contributed by atoms with Crippen molar-refractivity contribution in [3.05, 3.63) is 68.5 Å². The summed E-state index contributed by atoms with van der Waals surface area (Å²) in [4.78, 5) is 15.9. The van der Waals surface area contributed by atoms with E-state index in [2.05, 4.69) is 4.99 Å². The third kappa shape index (κ3) is 3.93. The first-order valence-corrected chi connectivity index (χ1v) is 8.54. The van der Waals surface area contributed by atoms with Gasteiger partial charge in [-0.25, -0.2) is 0 Å². The Morgan fingerprint density at radius 3 is 2.62 bits per heavy atom. The van der Waals surface area contributed by atoms with Gasteiger partial charge in [-0.1, -0.05) is 53.5 Å². The number of thioether (sulfide) groups is 1. The molecule has 0 aliphatic carbocycles. The number of aliphatic imine (C=N–C) groups is 1. The Morgan fingerprint density at radius 1 is 1.21 bits per heavy atom. The fourth-order valence-electron chi connectivity index (χ4n) is 2.14. The molecule has 3 rings (SSSR count). The predicted octanol–water partition coefficient (Wildman–Crippen LogP) is 4.50. The Morgan fingerprint density at radius 2 is 1.96 bits per heavy atom. The Labute approximate surface area is 153 Å². The molecule has 0 fully saturated rings. The molecule has 0 bridgehead atoms. The van der Waals surface area contributed by atoms with Gasteiger partial charge in [-0.2, -0.15) is 4.99 Å². The number of halogens is 2. The first kappa shape index (κ1) is 16.9. The molecular weight excluding hydrogens is 367 g/mol. The van der Waals surface area contributed by atoms with E-state index in [4.69, 9.17) is 33.7 Å². The molecule has 122 valence electrons. The largest absolute Gasteiger partial charge is 0.487 e. The van der Waals surface area contributed by atoms with Crippen molar-refractivity contribution in [1.29, 1.82) is 0 Å². The summed E-state index contributed by atoms with van der Waals surface area (Å²) in [5.74, 6) is 0.0684. The molecule has 0 spiro atoms. The molecule has 0 aromatic heterocycles. The molecular formula is C17H12Cl2N2O2S. The zero-order valence-corrected chi connectivity index (χ0v) is 14.7. The van der Waals surface area contributed by atoms with Crippen molar-refractivity contribution >= 4 is 52.1 Å². The normalized spacial score (nSPS) is 15.7. The number of amidine groups is 1. The summed E-state index contributed by atoms with van der Waals surface area (Å²) in [7, 11) is 0. The number of hydrogen-bond donors (Lipinski definition) is 1. The van der Waals surface area contributed by atoms with Crippen LogP contribution in [0.25, 0.3) is 6.08 Å². The fraction of sp³-hybridized carbons (Fsp3) is 0.0588. The number of carbonyl (C=O) groups excluding carboxylic acids is 1. The Kier molecular flexibility index (Phi) is 5.14. The average molecular weight is 379 g/mol. The molecule has 2 N–H and O–H groups in total. The first-order valence-electron chi connectivity index (χ1n) is 6.97. The highest BCUT2D eigenvalue weighted by molar-refractivity contribution is 8.18. The van der Waals surface area contributed by atoms with Gasteiger partial charge in [0.05, 0.1) is 9.93 Å². The molecule has 1 aliphatic heterocycles. The van der Waals surface area contributed by atoms with E-state index in [-0.39, 0.29) is 11.1 Å². The van der Waals surface area contributed by atoms with Gasteiger partial charge >= 0.3 is 0 Å². The lowest BCUT2D eigenvalue weighted by atomic mass is 10.1. The fourth-order valence-corrected chi connectivity index (χ4v) is 3.37. The molecule has 0 unspecified atom stereocenters. The van der Waals surface area contributed by atoms with Crippen LogP contribution in [0.15, 0.2) is 52.4 Å². The number of nitrogens with two attached hydrogens (primary N) is 1. The molecule has 0 saturated heterocycles. The van der Waals surface area contributed by atoms with Crippen LogP contribution in [0, 0.1) is 0 Å². The van der Waals surface area contributed by atoms with Crippen LogP contribution in [0.4, 0.5) is 0 Å². The Balaban J connectivity index is 1.91. The van der Waals surface area contributed by atoms with Crippen LogP contribution in [-0.4, -0.2) is 11.1 Å². The first-order chi connectivity index (χ1) is 11.5. The van der Waals surface area contributed by atoms with Gasteiger partial charge in [0.15, 0.2) is 5.17 Å². The maximum Gasteiger partial charge on any atom is 0.286 e. The molecule has 0 radical (unpaired) electrons. The Hall–Kier alpha value is -1.95. The van der Waals surface area contributed by atoms with Gasteiger partial charge < -0.3 is 10.5 Å². The van der Waals surface area contributed by atoms with Crippen LogP contribution in [-0.2, 0) is 11.4 Å². The summed E-state index contributed by atoms with van der Waals surface area (Å²) in [6.45, 7) is 0.345. The molecule has 1 aliphatic rings. The average Bonchev–Trinajstić information content (AvgIpc) is 2.85. The van der Waals surface area contributed by atoms with Gasteiger partial charge in [-0.05, 0) is 35.5 Å². The predicted molar refractivity (Wildman–Crippen MR) is 99.4 cm³/mol. The minimum absolute atomic E-state index is 0.214. The van der Waals surface area contributed by atoms with Gasteiger partial charge in [-0.3, -0.25) is 4.79 Å². The summed E-state index contributed by atoms with van der Waals surface area (Å²) in [6, 6.07) is 13.0. The standard InChI is InChI=1S/C17H12Cl2N2O2S/c18-12-6-11(7-14-16(22)21-17(20)24-14)15(13(19)8-12)23-9-10-4-2-1-3-5-10/h1-8H,9H2,(H2,20,21,22)/b14-7-. The second kappa shape index (κ2) is 7.30. The van der Waals surface area contributed by atoms with Gasteiger partial charge in [-0.15, -0.1) is 0 Å². The molecule has 24 heavy (non-hydrogen) atoms. The van der Waals surface area contributed by atoms with Crippen LogP contribution in [0.2, 0.25) is 10.0 Å². The molecule has 4 nitrogen and oxygen atoms in total. The second-order valence-corrected chi connectivity index (χ2v) is 6.85. The molecule has 2 aromatic carbocycles.